The van der Waals surface area contributed by atoms with Crippen LogP contribution in [0.15, 0.2) is 41.8 Å². The van der Waals surface area contributed by atoms with Crippen molar-refractivity contribution in [1.82, 2.24) is 9.55 Å². The normalized spacial score (nSPS) is 12.4. The van der Waals surface area contributed by atoms with Gasteiger partial charge in [-0.2, -0.15) is 0 Å². The van der Waals surface area contributed by atoms with Crippen molar-refractivity contribution in [2.75, 3.05) is 12.4 Å². The molecule has 0 N–H and O–H groups in total. The van der Waals surface area contributed by atoms with Crippen molar-refractivity contribution in [3.63, 3.8) is 0 Å². The molecule has 1 unspecified atom stereocenters. The first-order chi connectivity index (χ1) is 12.7. The van der Waals surface area contributed by atoms with Crippen molar-refractivity contribution in [2.45, 2.75) is 63.0 Å². The van der Waals surface area contributed by atoms with E-state index in [1.807, 2.05) is 24.7 Å². The Morgan fingerprint density at radius 2 is 1.96 bits per heavy atom. The summed E-state index contributed by atoms with van der Waals surface area (Å²) in [6.07, 6.45) is 13.4. The lowest BCUT2D eigenvalue weighted by Gasteiger charge is -2.18. The Morgan fingerprint density at radius 1 is 1.15 bits per heavy atom. The van der Waals surface area contributed by atoms with Crippen molar-refractivity contribution in [3.05, 3.63) is 47.0 Å². The number of unbranched alkanes of at least 4 members (excludes halogenated alkanes) is 5. The molecule has 26 heavy (non-hydrogen) atoms. The van der Waals surface area contributed by atoms with Crippen LogP contribution < -0.4 is 0 Å². The van der Waals surface area contributed by atoms with Crippen molar-refractivity contribution < 1.29 is 4.74 Å². The first kappa shape index (κ1) is 21.6. The fourth-order valence-corrected chi connectivity index (χ4v) is 4.19. The average molecular weight is 415 g/mol. The molecule has 0 aliphatic carbocycles. The third-order valence-electron chi connectivity index (χ3n) is 4.14. The highest BCUT2D eigenvalue weighted by Gasteiger charge is 2.12. The lowest BCUT2D eigenvalue weighted by molar-refractivity contribution is 0.0548. The van der Waals surface area contributed by atoms with Crippen molar-refractivity contribution in [2.24, 2.45) is 0 Å². The maximum absolute atomic E-state index is 6.28. The van der Waals surface area contributed by atoms with Crippen LogP contribution in [0.2, 0.25) is 10.0 Å². The first-order valence-corrected chi connectivity index (χ1v) is 11.1. The summed E-state index contributed by atoms with van der Waals surface area (Å²) in [6, 6.07) is 5.63. The topological polar surface area (TPSA) is 27.1 Å². The van der Waals surface area contributed by atoms with Crippen LogP contribution in [0.1, 0.15) is 45.4 Å². The van der Waals surface area contributed by atoms with E-state index in [9.17, 15) is 0 Å². The summed E-state index contributed by atoms with van der Waals surface area (Å²) in [5, 5.41) is 1.36. The zero-order valence-electron chi connectivity index (χ0n) is 15.4. The Balaban J connectivity index is 1.79. The van der Waals surface area contributed by atoms with E-state index in [2.05, 4.69) is 16.5 Å². The van der Waals surface area contributed by atoms with E-state index in [4.69, 9.17) is 27.9 Å². The molecule has 0 radical (unpaired) electrons. The predicted molar refractivity (Wildman–Crippen MR) is 113 cm³/mol. The van der Waals surface area contributed by atoms with Gasteiger partial charge in [0, 0.05) is 34.7 Å². The van der Waals surface area contributed by atoms with Gasteiger partial charge in [0.05, 0.1) is 24.0 Å². The van der Waals surface area contributed by atoms with E-state index < -0.39 is 0 Å². The van der Waals surface area contributed by atoms with E-state index >= 15 is 0 Å². The summed E-state index contributed by atoms with van der Waals surface area (Å²) in [5.74, 6) is 0.843. The number of nitrogens with zero attached hydrogens (tertiary/aromatic N) is 2. The number of hydrogen-bond acceptors (Lipinski definition) is 3. The van der Waals surface area contributed by atoms with Gasteiger partial charge in [0.1, 0.15) is 0 Å². The highest BCUT2D eigenvalue weighted by molar-refractivity contribution is 7.99. The zero-order chi connectivity index (χ0) is 18.6. The van der Waals surface area contributed by atoms with Crippen molar-refractivity contribution in [3.8, 4) is 0 Å². The third-order valence-corrected chi connectivity index (χ3v) is 6.01. The van der Waals surface area contributed by atoms with E-state index in [0.29, 0.717) is 10.0 Å². The molecule has 0 fully saturated rings. The van der Waals surface area contributed by atoms with Gasteiger partial charge in [0.25, 0.3) is 0 Å². The minimum atomic E-state index is 0.122. The minimum Gasteiger partial charge on any atom is -0.375 e. The van der Waals surface area contributed by atoms with Gasteiger partial charge in [0.2, 0.25) is 0 Å². The second-order valence-electron chi connectivity index (χ2n) is 6.41. The van der Waals surface area contributed by atoms with Gasteiger partial charge in [-0.05, 0) is 24.6 Å². The molecule has 2 aromatic rings. The molecule has 1 atom stereocenters. The second-order valence-corrected chi connectivity index (χ2v) is 8.31. The zero-order valence-corrected chi connectivity index (χ0v) is 17.7. The van der Waals surface area contributed by atoms with Gasteiger partial charge in [-0.15, -0.1) is 11.8 Å². The lowest BCUT2D eigenvalue weighted by atomic mass is 10.1. The molecule has 1 aromatic heterocycles. The highest BCUT2D eigenvalue weighted by atomic mass is 35.5. The fourth-order valence-electron chi connectivity index (χ4n) is 2.69. The number of ether oxygens (including phenoxy) is 1. The molecule has 0 bridgehead atoms. The Labute approximate surface area is 171 Å². The molecular weight excluding hydrogens is 387 g/mol. The number of hydrogen-bond donors (Lipinski definition) is 0. The molecular formula is C20H28Cl2N2OS. The van der Waals surface area contributed by atoms with Crippen LogP contribution in [0, 0.1) is 0 Å². The Hall–Kier alpha value is -0.680. The Kier molecular flexibility index (Phi) is 10.5. The summed E-state index contributed by atoms with van der Waals surface area (Å²) < 4.78 is 8.23. The maximum atomic E-state index is 6.28. The van der Waals surface area contributed by atoms with Crippen LogP contribution in [0.3, 0.4) is 0 Å². The third kappa shape index (κ3) is 8.34. The van der Waals surface area contributed by atoms with E-state index in [1.54, 1.807) is 24.0 Å². The Morgan fingerprint density at radius 3 is 2.69 bits per heavy atom. The molecule has 1 aromatic carbocycles. The number of halogens is 2. The van der Waals surface area contributed by atoms with E-state index in [1.165, 1.54) is 32.1 Å². The van der Waals surface area contributed by atoms with E-state index in [0.717, 1.165) is 30.2 Å². The van der Waals surface area contributed by atoms with Crippen LogP contribution in [0.5, 0.6) is 0 Å². The standard InChI is InChI=1S/C20H28Cl2N2OS/c1-2-3-4-5-6-7-12-25-18(14-24-11-10-23-16-24)15-26-20-9-8-17(21)13-19(20)22/h8-11,13,16,18H,2-7,12,14-15H2,1H3. The second kappa shape index (κ2) is 12.7. The highest BCUT2D eigenvalue weighted by Crippen LogP contribution is 2.30. The number of thioether (sulfide) groups is 1. The SMILES string of the molecule is CCCCCCCCOC(CSc1ccc(Cl)cc1Cl)Cn1ccnc1. The van der Waals surface area contributed by atoms with Gasteiger partial charge in [-0.3, -0.25) is 0 Å². The van der Waals surface area contributed by atoms with Crippen molar-refractivity contribution in [1.29, 1.82) is 0 Å². The van der Waals surface area contributed by atoms with Crippen LogP contribution >= 0.6 is 35.0 Å². The first-order valence-electron chi connectivity index (χ1n) is 9.34. The van der Waals surface area contributed by atoms with Crippen molar-refractivity contribution >= 4 is 35.0 Å². The molecule has 1 heterocycles. The minimum absolute atomic E-state index is 0.122. The number of imidazole rings is 1. The average Bonchev–Trinajstić information content (AvgIpc) is 3.13. The quantitative estimate of drug-likeness (QED) is 0.268. The largest absolute Gasteiger partial charge is 0.375 e. The molecule has 0 aliphatic rings. The van der Waals surface area contributed by atoms with Crippen LogP contribution in [-0.4, -0.2) is 28.0 Å². The molecule has 0 spiro atoms. The molecule has 6 heteroatoms. The molecule has 2 rings (SSSR count). The number of rotatable bonds is 13. The van der Waals surface area contributed by atoms with E-state index in [-0.39, 0.29) is 6.10 Å². The fraction of sp³-hybridized carbons (Fsp3) is 0.550. The van der Waals surface area contributed by atoms with Crippen LogP contribution in [0.4, 0.5) is 0 Å². The summed E-state index contributed by atoms with van der Waals surface area (Å²) in [6.45, 7) is 3.85. The monoisotopic (exact) mass is 414 g/mol. The summed E-state index contributed by atoms with van der Waals surface area (Å²) in [7, 11) is 0. The van der Waals surface area contributed by atoms with Crippen LogP contribution in [0.25, 0.3) is 0 Å². The Bertz CT molecular complexity index is 622. The van der Waals surface area contributed by atoms with Crippen LogP contribution in [-0.2, 0) is 11.3 Å². The van der Waals surface area contributed by atoms with Gasteiger partial charge in [-0.25, -0.2) is 4.98 Å². The van der Waals surface area contributed by atoms with Gasteiger partial charge in [-0.1, -0.05) is 62.2 Å². The maximum Gasteiger partial charge on any atom is 0.0946 e. The number of benzene rings is 1. The summed E-state index contributed by atoms with van der Waals surface area (Å²) in [5.41, 5.74) is 0. The molecule has 3 nitrogen and oxygen atoms in total. The van der Waals surface area contributed by atoms with Gasteiger partial charge < -0.3 is 9.30 Å². The molecule has 0 saturated heterocycles. The number of aromatic nitrogens is 2. The lowest BCUT2D eigenvalue weighted by Crippen LogP contribution is -2.23. The summed E-state index contributed by atoms with van der Waals surface area (Å²) >= 11 is 14.0. The molecule has 0 aliphatic heterocycles. The van der Waals surface area contributed by atoms with Gasteiger partial charge in [0.15, 0.2) is 0 Å². The molecule has 0 amide bonds. The smallest absolute Gasteiger partial charge is 0.0946 e. The summed E-state index contributed by atoms with van der Waals surface area (Å²) in [4.78, 5) is 5.16. The molecule has 144 valence electrons. The van der Waals surface area contributed by atoms with Gasteiger partial charge >= 0.3 is 0 Å². The predicted octanol–water partition coefficient (Wildman–Crippen LogP) is 6.73. The molecule has 0 saturated carbocycles.